The summed E-state index contributed by atoms with van der Waals surface area (Å²) >= 11 is 0. The van der Waals surface area contributed by atoms with Crippen molar-refractivity contribution < 1.29 is 18.7 Å². The smallest absolute Gasteiger partial charge is 0.262 e. The molecule has 0 fully saturated rings. The van der Waals surface area contributed by atoms with Gasteiger partial charge in [0.1, 0.15) is 5.52 Å². The average molecular weight is 354 g/mol. The maximum atomic E-state index is 12.2. The largest absolute Gasteiger partial charge is 0.493 e. The van der Waals surface area contributed by atoms with E-state index in [2.05, 4.69) is 10.3 Å². The molecular weight excluding hydrogens is 332 g/mol. The molecule has 1 heterocycles. The van der Waals surface area contributed by atoms with Gasteiger partial charge in [-0.2, -0.15) is 0 Å². The van der Waals surface area contributed by atoms with Gasteiger partial charge in [0.15, 0.2) is 29.6 Å². The van der Waals surface area contributed by atoms with E-state index in [1.807, 2.05) is 32.9 Å². The Balaban J connectivity index is 1.65. The second-order valence-electron chi connectivity index (χ2n) is 6.38. The normalized spacial score (nSPS) is 11.0. The number of fused-ring (bicyclic) bond motifs is 1. The molecule has 136 valence electrons. The highest BCUT2D eigenvalue weighted by Crippen LogP contribution is 2.28. The van der Waals surface area contributed by atoms with E-state index in [1.54, 1.807) is 31.4 Å². The number of aromatic nitrogens is 1. The van der Waals surface area contributed by atoms with Gasteiger partial charge in [-0.1, -0.05) is 19.9 Å². The van der Waals surface area contributed by atoms with Crippen LogP contribution in [0, 0.1) is 6.92 Å². The summed E-state index contributed by atoms with van der Waals surface area (Å²) in [4.78, 5) is 16.6. The van der Waals surface area contributed by atoms with Gasteiger partial charge in [0.25, 0.3) is 5.91 Å². The van der Waals surface area contributed by atoms with E-state index < -0.39 is 0 Å². The van der Waals surface area contributed by atoms with Gasteiger partial charge >= 0.3 is 0 Å². The van der Waals surface area contributed by atoms with Crippen LogP contribution in [0.5, 0.6) is 11.5 Å². The first kappa shape index (κ1) is 17.8. The Hall–Kier alpha value is -3.02. The third-order valence-electron chi connectivity index (χ3n) is 3.86. The standard InChI is InChI=1S/C20H22N2O4/c1-12(2)20-22-15-10-14(6-8-16(15)26-20)21-19(23)11-25-17-7-5-13(3)9-18(17)24-4/h5-10,12H,11H2,1-4H3,(H,21,23). The molecule has 1 amide bonds. The molecule has 1 N–H and O–H groups in total. The molecule has 26 heavy (non-hydrogen) atoms. The van der Waals surface area contributed by atoms with Crippen molar-refractivity contribution in [3.8, 4) is 11.5 Å². The Morgan fingerprint density at radius 2 is 2.00 bits per heavy atom. The molecule has 0 saturated heterocycles. The van der Waals surface area contributed by atoms with Gasteiger partial charge in [0, 0.05) is 11.6 Å². The van der Waals surface area contributed by atoms with Crippen LogP contribution >= 0.6 is 0 Å². The summed E-state index contributed by atoms with van der Waals surface area (Å²) in [5.41, 5.74) is 3.12. The molecule has 0 spiro atoms. The van der Waals surface area contributed by atoms with Crippen LogP contribution in [0.4, 0.5) is 5.69 Å². The number of aryl methyl sites for hydroxylation is 1. The molecule has 0 radical (unpaired) electrons. The number of nitrogens with one attached hydrogen (secondary N) is 1. The third-order valence-corrected chi connectivity index (χ3v) is 3.86. The van der Waals surface area contributed by atoms with Crippen molar-refractivity contribution in [2.24, 2.45) is 0 Å². The molecule has 0 saturated carbocycles. The van der Waals surface area contributed by atoms with E-state index in [-0.39, 0.29) is 18.4 Å². The predicted octanol–water partition coefficient (Wildman–Crippen LogP) is 4.29. The fraction of sp³-hybridized carbons (Fsp3) is 0.300. The van der Waals surface area contributed by atoms with E-state index in [0.717, 1.165) is 5.56 Å². The fourth-order valence-electron chi connectivity index (χ4n) is 2.50. The molecule has 6 nitrogen and oxygen atoms in total. The lowest BCUT2D eigenvalue weighted by Gasteiger charge is -2.11. The summed E-state index contributed by atoms with van der Waals surface area (Å²) in [6.07, 6.45) is 0. The number of ether oxygens (including phenoxy) is 2. The predicted molar refractivity (Wildman–Crippen MR) is 100.0 cm³/mol. The van der Waals surface area contributed by atoms with Crippen LogP contribution in [0.3, 0.4) is 0 Å². The molecule has 0 aliphatic heterocycles. The van der Waals surface area contributed by atoms with Gasteiger partial charge in [-0.3, -0.25) is 4.79 Å². The van der Waals surface area contributed by atoms with Crippen molar-refractivity contribution >= 4 is 22.7 Å². The van der Waals surface area contributed by atoms with Crippen molar-refractivity contribution in [2.75, 3.05) is 19.0 Å². The van der Waals surface area contributed by atoms with Gasteiger partial charge < -0.3 is 19.2 Å². The number of methoxy groups -OCH3 is 1. The second kappa shape index (κ2) is 7.47. The van der Waals surface area contributed by atoms with E-state index in [9.17, 15) is 4.79 Å². The first-order valence-electron chi connectivity index (χ1n) is 8.44. The maximum Gasteiger partial charge on any atom is 0.262 e. The average Bonchev–Trinajstić information content (AvgIpc) is 3.04. The van der Waals surface area contributed by atoms with Gasteiger partial charge in [-0.15, -0.1) is 0 Å². The summed E-state index contributed by atoms with van der Waals surface area (Å²) < 4.78 is 16.5. The summed E-state index contributed by atoms with van der Waals surface area (Å²) in [7, 11) is 1.57. The molecule has 1 aromatic heterocycles. The minimum Gasteiger partial charge on any atom is -0.493 e. The molecule has 3 aromatic rings. The lowest BCUT2D eigenvalue weighted by Crippen LogP contribution is -2.20. The van der Waals surface area contributed by atoms with Gasteiger partial charge in [-0.25, -0.2) is 4.98 Å². The number of carbonyl (C=O) groups is 1. The second-order valence-corrected chi connectivity index (χ2v) is 6.38. The number of rotatable bonds is 6. The van der Waals surface area contributed by atoms with Crippen LogP contribution in [0.2, 0.25) is 0 Å². The van der Waals surface area contributed by atoms with Gasteiger partial charge in [0.05, 0.1) is 7.11 Å². The molecule has 0 bridgehead atoms. The van der Waals surface area contributed by atoms with Crippen LogP contribution in [-0.2, 0) is 4.79 Å². The molecule has 0 aliphatic carbocycles. The number of nitrogens with zero attached hydrogens (tertiary/aromatic N) is 1. The summed E-state index contributed by atoms with van der Waals surface area (Å²) in [6, 6.07) is 10.9. The summed E-state index contributed by atoms with van der Waals surface area (Å²) in [5, 5.41) is 2.81. The Morgan fingerprint density at radius 3 is 2.73 bits per heavy atom. The lowest BCUT2D eigenvalue weighted by molar-refractivity contribution is -0.118. The van der Waals surface area contributed by atoms with E-state index in [1.165, 1.54) is 0 Å². The number of carbonyl (C=O) groups excluding carboxylic acids is 1. The summed E-state index contributed by atoms with van der Waals surface area (Å²) in [6.45, 7) is 5.88. The zero-order chi connectivity index (χ0) is 18.7. The van der Waals surface area contributed by atoms with Gasteiger partial charge in [0.2, 0.25) is 0 Å². The highest BCUT2D eigenvalue weighted by molar-refractivity contribution is 5.93. The third kappa shape index (κ3) is 3.96. The van der Waals surface area contributed by atoms with E-state index in [4.69, 9.17) is 13.9 Å². The maximum absolute atomic E-state index is 12.2. The zero-order valence-corrected chi connectivity index (χ0v) is 15.3. The van der Waals surface area contributed by atoms with Crippen molar-refractivity contribution in [3.63, 3.8) is 0 Å². The number of amides is 1. The van der Waals surface area contributed by atoms with E-state index >= 15 is 0 Å². The Kier molecular flexibility index (Phi) is 5.11. The molecular formula is C20H22N2O4. The molecule has 2 aromatic carbocycles. The van der Waals surface area contributed by atoms with Gasteiger partial charge in [-0.05, 0) is 42.8 Å². The first-order valence-corrected chi connectivity index (χ1v) is 8.44. The number of hydrogen-bond donors (Lipinski definition) is 1. The quantitative estimate of drug-likeness (QED) is 0.715. The number of oxazole rings is 1. The monoisotopic (exact) mass is 354 g/mol. The first-order chi connectivity index (χ1) is 12.5. The highest BCUT2D eigenvalue weighted by atomic mass is 16.5. The van der Waals surface area contributed by atoms with Crippen LogP contribution in [0.25, 0.3) is 11.1 Å². The Labute approximate surface area is 152 Å². The molecule has 0 unspecified atom stereocenters. The van der Waals surface area contributed by atoms with Crippen LogP contribution in [0.1, 0.15) is 31.2 Å². The molecule has 0 aliphatic rings. The van der Waals surface area contributed by atoms with Crippen molar-refractivity contribution in [3.05, 3.63) is 47.9 Å². The molecule has 3 rings (SSSR count). The molecule has 6 heteroatoms. The number of benzene rings is 2. The van der Waals surface area contributed by atoms with Crippen molar-refractivity contribution in [1.82, 2.24) is 4.98 Å². The summed E-state index contributed by atoms with van der Waals surface area (Å²) in [5.74, 6) is 1.75. The minimum atomic E-state index is -0.264. The van der Waals surface area contributed by atoms with Crippen LogP contribution in [0.15, 0.2) is 40.8 Å². The SMILES string of the molecule is COc1cc(C)ccc1OCC(=O)Nc1ccc2oc(C(C)C)nc2c1. The van der Waals surface area contributed by atoms with Crippen molar-refractivity contribution in [1.29, 1.82) is 0 Å². The van der Waals surface area contributed by atoms with Crippen molar-refractivity contribution in [2.45, 2.75) is 26.7 Å². The fourth-order valence-corrected chi connectivity index (χ4v) is 2.50. The Morgan fingerprint density at radius 1 is 1.19 bits per heavy atom. The lowest BCUT2D eigenvalue weighted by atomic mass is 10.2. The Bertz CT molecular complexity index is 931. The van der Waals surface area contributed by atoms with E-state index in [0.29, 0.717) is 34.2 Å². The number of hydrogen-bond acceptors (Lipinski definition) is 5. The number of anilines is 1. The van der Waals surface area contributed by atoms with Crippen LogP contribution in [-0.4, -0.2) is 24.6 Å². The minimum absolute atomic E-state index is 0.118. The van der Waals surface area contributed by atoms with Crippen LogP contribution < -0.4 is 14.8 Å². The highest BCUT2D eigenvalue weighted by Gasteiger charge is 2.12. The topological polar surface area (TPSA) is 73.6 Å². The zero-order valence-electron chi connectivity index (χ0n) is 15.3. The molecule has 0 atom stereocenters.